The van der Waals surface area contributed by atoms with E-state index in [1.54, 1.807) is 18.0 Å². The van der Waals surface area contributed by atoms with Crippen LogP contribution in [-0.4, -0.2) is 44.7 Å². The third-order valence-electron chi connectivity index (χ3n) is 2.56. The molecule has 20 heavy (non-hydrogen) atoms. The molecule has 0 atom stereocenters. The molecule has 2 rings (SSSR count). The van der Waals surface area contributed by atoms with Gasteiger partial charge in [0.15, 0.2) is 0 Å². The van der Waals surface area contributed by atoms with Gasteiger partial charge in [0.05, 0.1) is 6.20 Å². The Hall–Kier alpha value is -2.51. The van der Waals surface area contributed by atoms with E-state index < -0.39 is 0 Å². The maximum Gasteiger partial charge on any atom is 0.257 e. The SMILES string of the molecule is CC(=O)Nc1c(C)cnn1-c1nc(C)nc(N(C)C)n1. The molecule has 0 fully saturated rings. The van der Waals surface area contributed by atoms with Crippen LogP contribution in [0.4, 0.5) is 11.8 Å². The minimum Gasteiger partial charge on any atom is -0.347 e. The van der Waals surface area contributed by atoms with E-state index in [4.69, 9.17) is 0 Å². The number of hydrogen-bond acceptors (Lipinski definition) is 6. The number of carbonyl (C=O) groups excluding carboxylic acids is 1. The van der Waals surface area contributed by atoms with Gasteiger partial charge in [-0.3, -0.25) is 4.79 Å². The third kappa shape index (κ3) is 2.73. The first-order chi connectivity index (χ1) is 9.38. The van der Waals surface area contributed by atoms with E-state index in [0.29, 0.717) is 23.5 Å². The van der Waals surface area contributed by atoms with Crippen molar-refractivity contribution in [2.75, 3.05) is 24.3 Å². The Morgan fingerprint density at radius 2 is 1.95 bits per heavy atom. The van der Waals surface area contributed by atoms with Crippen LogP contribution in [0, 0.1) is 13.8 Å². The molecule has 0 aliphatic carbocycles. The smallest absolute Gasteiger partial charge is 0.257 e. The molecule has 0 unspecified atom stereocenters. The van der Waals surface area contributed by atoms with Gasteiger partial charge in [0.1, 0.15) is 11.6 Å². The maximum atomic E-state index is 11.3. The monoisotopic (exact) mass is 275 g/mol. The Balaban J connectivity index is 2.54. The molecule has 0 aliphatic rings. The Morgan fingerprint density at radius 3 is 2.55 bits per heavy atom. The summed E-state index contributed by atoms with van der Waals surface area (Å²) in [5, 5.41) is 6.95. The second kappa shape index (κ2) is 5.24. The number of nitrogens with one attached hydrogen (secondary N) is 1. The minimum atomic E-state index is -0.173. The summed E-state index contributed by atoms with van der Waals surface area (Å²) in [4.78, 5) is 25.9. The van der Waals surface area contributed by atoms with Crippen LogP contribution < -0.4 is 10.2 Å². The van der Waals surface area contributed by atoms with Gasteiger partial charge in [-0.1, -0.05) is 0 Å². The lowest BCUT2D eigenvalue weighted by Gasteiger charge is -2.13. The molecule has 0 bridgehead atoms. The Kier molecular flexibility index (Phi) is 3.64. The molecule has 0 aliphatic heterocycles. The first kappa shape index (κ1) is 13.9. The van der Waals surface area contributed by atoms with Gasteiger partial charge >= 0.3 is 0 Å². The van der Waals surface area contributed by atoms with Crippen molar-refractivity contribution in [3.8, 4) is 5.95 Å². The van der Waals surface area contributed by atoms with E-state index in [-0.39, 0.29) is 5.91 Å². The van der Waals surface area contributed by atoms with Crippen LogP contribution in [0.5, 0.6) is 0 Å². The molecule has 8 nitrogen and oxygen atoms in total. The normalized spacial score (nSPS) is 10.4. The molecule has 2 aromatic rings. The van der Waals surface area contributed by atoms with E-state index in [2.05, 4.69) is 25.4 Å². The highest BCUT2D eigenvalue weighted by molar-refractivity contribution is 5.88. The Morgan fingerprint density at radius 1 is 1.25 bits per heavy atom. The van der Waals surface area contributed by atoms with Crippen LogP contribution in [-0.2, 0) is 4.79 Å². The van der Waals surface area contributed by atoms with E-state index >= 15 is 0 Å². The van der Waals surface area contributed by atoms with Gasteiger partial charge in [0, 0.05) is 26.6 Å². The van der Waals surface area contributed by atoms with E-state index in [1.165, 1.54) is 11.6 Å². The van der Waals surface area contributed by atoms with Crippen molar-refractivity contribution in [1.29, 1.82) is 0 Å². The van der Waals surface area contributed by atoms with Crippen LogP contribution in [0.2, 0.25) is 0 Å². The zero-order valence-corrected chi connectivity index (χ0v) is 12.2. The molecule has 8 heteroatoms. The predicted octanol–water partition coefficient (Wildman–Crippen LogP) is 0.699. The molecule has 2 heterocycles. The molecule has 1 amide bonds. The van der Waals surface area contributed by atoms with Gasteiger partial charge in [-0.25, -0.2) is 0 Å². The van der Waals surface area contributed by atoms with Crippen LogP contribution in [0.3, 0.4) is 0 Å². The lowest BCUT2D eigenvalue weighted by molar-refractivity contribution is -0.114. The topological polar surface area (TPSA) is 88.8 Å². The first-order valence-electron chi connectivity index (χ1n) is 6.11. The lowest BCUT2D eigenvalue weighted by atomic mass is 10.4. The molecule has 0 saturated carbocycles. The highest BCUT2D eigenvalue weighted by Crippen LogP contribution is 2.18. The fourth-order valence-electron chi connectivity index (χ4n) is 1.65. The van der Waals surface area contributed by atoms with Crippen LogP contribution in [0.25, 0.3) is 5.95 Å². The number of rotatable bonds is 3. The first-order valence-corrected chi connectivity index (χ1v) is 6.11. The quantitative estimate of drug-likeness (QED) is 0.887. The second-order valence-electron chi connectivity index (χ2n) is 4.65. The van der Waals surface area contributed by atoms with E-state index in [9.17, 15) is 4.79 Å². The summed E-state index contributed by atoms with van der Waals surface area (Å²) < 4.78 is 1.50. The molecular formula is C12H17N7O. The van der Waals surface area contributed by atoms with Crippen LogP contribution >= 0.6 is 0 Å². The van der Waals surface area contributed by atoms with Crippen molar-refractivity contribution >= 4 is 17.7 Å². The summed E-state index contributed by atoms with van der Waals surface area (Å²) in [6.45, 7) is 5.09. The molecule has 0 aromatic carbocycles. The molecule has 2 aromatic heterocycles. The number of nitrogens with zero attached hydrogens (tertiary/aromatic N) is 6. The van der Waals surface area contributed by atoms with Crippen molar-refractivity contribution in [2.45, 2.75) is 20.8 Å². The van der Waals surface area contributed by atoms with E-state index in [1.807, 2.05) is 21.0 Å². The minimum absolute atomic E-state index is 0.173. The zero-order valence-electron chi connectivity index (χ0n) is 12.2. The Bertz CT molecular complexity index is 647. The average molecular weight is 275 g/mol. The average Bonchev–Trinajstić information content (AvgIpc) is 2.69. The van der Waals surface area contributed by atoms with Crippen molar-refractivity contribution in [1.82, 2.24) is 24.7 Å². The second-order valence-corrected chi connectivity index (χ2v) is 4.65. The summed E-state index contributed by atoms with van der Waals surface area (Å²) >= 11 is 0. The lowest BCUT2D eigenvalue weighted by Crippen LogP contribution is -2.18. The number of anilines is 2. The van der Waals surface area contributed by atoms with Gasteiger partial charge in [-0.2, -0.15) is 24.7 Å². The van der Waals surface area contributed by atoms with Gasteiger partial charge in [0.25, 0.3) is 5.95 Å². The fourth-order valence-corrected chi connectivity index (χ4v) is 1.65. The summed E-state index contributed by atoms with van der Waals surface area (Å²) in [7, 11) is 3.70. The predicted molar refractivity (Wildman–Crippen MR) is 75.1 cm³/mol. The maximum absolute atomic E-state index is 11.3. The van der Waals surface area contributed by atoms with Gasteiger partial charge in [0.2, 0.25) is 11.9 Å². The zero-order chi connectivity index (χ0) is 14.9. The van der Waals surface area contributed by atoms with Gasteiger partial charge in [-0.15, -0.1) is 0 Å². The molecule has 1 N–H and O–H groups in total. The molecule has 0 saturated heterocycles. The summed E-state index contributed by atoms with van der Waals surface area (Å²) in [6.07, 6.45) is 1.65. The largest absolute Gasteiger partial charge is 0.347 e. The van der Waals surface area contributed by atoms with Crippen molar-refractivity contribution in [2.24, 2.45) is 0 Å². The summed E-state index contributed by atoms with van der Waals surface area (Å²) in [5.41, 5.74) is 0.838. The van der Waals surface area contributed by atoms with Crippen molar-refractivity contribution in [3.05, 3.63) is 17.6 Å². The highest BCUT2D eigenvalue weighted by Gasteiger charge is 2.15. The number of carbonyl (C=O) groups is 1. The third-order valence-corrected chi connectivity index (χ3v) is 2.56. The molecular weight excluding hydrogens is 258 g/mol. The van der Waals surface area contributed by atoms with Gasteiger partial charge < -0.3 is 10.2 Å². The highest BCUT2D eigenvalue weighted by atomic mass is 16.1. The van der Waals surface area contributed by atoms with Crippen molar-refractivity contribution < 1.29 is 4.79 Å². The summed E-state index contributed by atoms with van der Waals surface area (Å²) in [5.74, 6) is 1.88. The van der Waals surface area contributed by atoms with Crippen molar-refractivity contribution in [3.63, 3.8) is 0 Å². The number of aryl methyl sites for hydroxylation is 2. The van der Waals surface area contributed by atoms with Crippen LogP contribution in [0.15, 0.2) is 6.20 Å². The standard InChI is InChI=1S/C12H17N7O/c1-7-6-13-19(10(7)16-9(3)20)12-15-8(2)14-11(17-12)18(4)5/h6H,1-5H3,(H,16,20). The molecule has 0 radical (unpaired) electrons. The fraction of sp³-hybridized carbons (Fsp3) is 0.417. The molecule has 0 spiro atoms. The molecule has 106 valence electrons. The van der Waals surface area contributed by atoms with Crippen LogP contribution in [0.1, 0.15) is 18.3 Å². The van der Waals surface area contributed by atoms with E-state index in [0.717, 1.165) is 5.56 Å². The number of amides is 1. The van der Waals surface area contributed by atoms with Gasteiger partial charge in [-0.05, 0) is 13.8 Å². The summed E-state index contributed by atoms with van der Waals surface area (Å²) in [6, 6.07) is 0. The Labute approximate surface area is 116 Å². The number of hydrogen-bond donors (Lipinski definition) is 1. The number of aromatic nitrogens is 5.